The molecule has 0 unspecified atom stereocenters. The highest BCUT2D eigenvalue weighted by Gasteiger charge is 2.28. The van der Waals surface area contributed by atoms with E-state index in [1.54, 1.807) is 48.2 Å². The molecule has 2 amide bonds. The van der Waals surface area contributed by atoms with Crippen molar-refractivity contribution in [1.29, 1.82) is 0 Å². The predicted octanol–water partition coefficient (Wildman–Crippen LogP) is 4.29. The van der Waals surface area contributed by atoms with Gasteiger partial charge in [0, 0.05) is 30.6 Å². The van der Waals surface area contributed by atoms with E-state index >= 15 is 0 Å². The fourth-order valence-corrected chi connectivity index (χ4v) is 5.15. The van der Waals surface area contributed by atoms with Gasteiger partial charge in [-0.25, -0.2) is 13.1 Å². The molecular weight excluding hydrogens is 498 g/mol. The van der Waals surface area contributed by atoms with Crippen molar-refractivity contribution in [3.8, 4) is 0 Å². The van der Waals surface area contributed by atoms with Crippen molar-refractivity contribution in [3.05, 3.63) is 64.7 Å². The van der Waals surface area contributed by atoms with Crippen LogP contribution in [0.25, 0.3) is 0 Å². The molecule has 1 atom stereocenters. The zero-order chi connectivity index (χ0) is 26.3. The van der Waals surface area contributed by atoms with Crippen LogP contribution in [0, 0.1) is 5.92 Å². The van der Waals surface area contributed by atoms with Gasteiger partial charge in [-0.3, -0.25) is 9.59 Å². The van der Waals surface area contributed by atoms with Gasteiger partial charge in [0.1, 0.15) is 6.04 Å². The molecule has 2 aromatic rings. The number of amides is 2. The SMILES string of the molecule is CC(C)CCNC(=O)[C@H](C)N(Cc1ccc(Cl)cc1)C(=O)CCc1ccc(S(=O)(=O)NC2CC2)cc1. The molecule has 2 N–H and O–H groups in total. The molecule has 7 nitrogen and oxygen atoms in total. The number of carbonyl (C=O) groups excluding carboxylic acids is 2. The average Bonchev–Trinajstić information content (AvgIpc) is 3.65. The number of halogens is 1. The van der Waals surface area contributed by atoms with E-state index in [0.717, 1.165) is 30.4 Å². The normalized spacial score (nSPS) is 14.5. The van der Waals surface area contributed by atoms with Crippen LogP contribution in [-0.2, 0) is 32.6 Å². The lowest BCUT2D eigenvalue weighted by Gasteiger charge is -2.29. The summed E-state index contributed by atoms with van der Waals surface area (Å²) in [4.78, 5) is 27.9. The molecule has 0 aliphatic heterocycles. The van der Waals surface area contributed by atoms with Crippen molar-refractivity contribution < 1.29 is 18.0 Å². The lowest BCUT2D eigenvalue weighted by molar-refractivity contribution is -0.140. The van der Waals surface area contributed by atoms with Gasteiger partial charge in [-0.05, 0) is 73.9 Å². The highest BCUT2D eigenvalue weighted by molar-refractivity contribution is 7.89. The fourth-order valence-electron chi connectivity index (χ4n) is 3.72. The Balaban J connectivity index is 1.65. The summed E-state index contributed by atoms with van der Waals surface area (Å²) in [7, 11) is -3.51. The molecule has 1 fully saturated rings. The summed E-state index contributed by atoms with van der Waals surface area (Å²) in [6.45, 7) is 6.79. The lowest BCUT2D eigenvalue weighted by atomic mass is 10.1. The summed E-state index contributed by atoms with van der Waals surface area (Å²) in [5.74, 6) is 0.137. The van der Waals surface area contributed by atoms with Gasteiger partial charge in [-0.1, -0.05) is 49.7 Å². The molecule has 1 aliphatic carbocycles. The highest BCUT2D eigenvalue weighted by Crippen LogP contribution is 2.22. The van der Waals surface area contributed by atoms with Crippen LogP contribution in [0.5, 0.6) is 0 Å². The molecule has 9 heteroatoms. The molecule has 3 rings (SSSR count). The molecule has 36 heavy (non-hydrogen) atoms. The van der Waals surface area contributed by atoms with Gasteiger partial charge in [-0.2, -0.15) is 0 Å². The van der Waals surface area contributed by atoms with Crippen LogP contribution in [0.1, 0.15) is 57.6 Å². The third kappa shape index (κ3) is 8.61. The Hall–Kier alpha value is -2.42. The van der Waals surface area contributed by atoms with E-state index in [9.17, 15) is 18.0 Å². The minimum atomic E-state index is -3.51. The van der Waals surface area contributed by atoms with Crippen LogP contribution in [0.2, 0.25) is 5.02 Å². The van der Waals surface area contributed by atoms with Gasteiger partial charge < -0.3 is 10.2 Å². The quantitative estimate of drug-likeness (QED) is 0.401. The Bertz CT molecular complexity index is 1130. The minimum absolute atomic E-state index is 0.0449. The molecule has 1 aliphatic rings. The summed E-state index contributed by atoms with van der Waals surface area (Å²) in [5, 5.41) is 3.54. The van der Waals surface area contributed by atoms with E-state index in [1.165, 1.54) is 0 Å². The first-order valence-corrected chi connectivity index (χ1v) is 14.3. The summed E-state index contributed by atoms with van der Waals surface area (Å²) in [6, 6.07) is 13.2. The first-order valence-electron chi connectivity index (χ1n) is 12.5. The number of nitrogens with zero attached hydrogens (tertiary/aromatic N) is 1. The maximum atomic E-state index is 13.3. The summed E-state index contributed by atoms with van der Waals surface area (Å²) < 4.78 is 27.4. The van der Waals surface area contributed by atoms with Crippen LogP contribution in [0.4, 0.5) is 0 Å². The first-order chi connectivity index (χ1) is 17.0. The Kier molecular flexibility index (Phi) is 9.93. The molecule has 0 radical (unpaired) electrons. The maximum Gasteiger partial charge on any atom is 0.242 e. The van der Waals surface area contributed by atoms with E-state index in [1.807, 2.05) is 12.1 Å². The van der Waals surface area contributed by atoms with E-state index < -0.39 is 16.1 Å². The van der Waals surface area contributed by atoms with E-state index in [-0.39, 0.29) is 29.2 Å². The van der Waals surface area contributed by atoms with E-state index in [0.29, 0.717) is 30.5 Å². The maximum absolute atomic E-state index is 13.3. The number of aryl methyl sites for hydroxylation is 1. The van der Waals surface area contributed by atoms with Crippen LogP contribution < -0.4 is 10.0 Å². The van der Waals surface area contributed by atoms with Gasteiger partial charge in [-0.15, -0.1) is 0 Å². The van der Waals surface area contributed by atoms with Crippen LogP contribution in [0.15, 0.2) is 53.4 Å². The molecular formula is C27H36ClN3O4S. The van der Waals surface area contributed by atoms with Gasteiger partial charge in [0.2, 0.25) is 21.8 Å². The van der Waals surface area contributed by atoms with Crippen molar-refractivity contribution in [3.63, 3.8) is 0 Å². The molecule has 0 saturated heterocycles. The van der Waals surface area contributed by atoms with Crippen LogP contribution in [-0.4, -0.2) is 43.8 Å². The van der Waals surface area contributed by atoms with Gasteiger partial charge >= 0.3 is 0 Å². The molecule has 1 saturated carbocycles. The summed E-state index contributed by atoms with van der Waals surface area (Å²) in [6.07, 6.45) is 3.25. The number of benzene rings is 2. The lowest BCUT2D eigenvalue weighted by Crippen LogP contribution is -2.48. The van der Waals surface area contributed by atoms with E-state index in [4.69, 9.17) is 11.6 Å². The van der Waals surface area contributed by atoms with Crippen molar-refractivity contribution in [1.82, 2.24) is 14.9 Å². The molecule has 0 heterocycles. The Morgan fingerprint density at radius 1 is 1.00 bits per heavy atom. The average molecular weight is 534 g/mol. The Morgan fingerprint density at radius 2 is 1.61 bits per heavy atom. The zero-order valence-corrected chi connectivity index (χ0v) is 22.7. The Labute approximate surface area is 219 Å². The molecule has 196 valence electrons. The highest BCUT2D eigenvalue weighted by atomic mass is 35.5. The standard InChI is InChI=1S/C27H36ClN3O4S/c1-19(2)16-17-29-27(33)20(3)31(18-22-4-9-23(28)10-5-22)26(32)15-8-21-6-13-25(14-7-21)36(34,35)30-24-11-12-24/h4-7,9-10,13-14,19-20,24,30H,8,11-12,15-18H2,1-3H3,(H,29,33)/t20-/m0/s1. The topological polar surface area (TPSA) is 95.6 Å². The molecule has 0 aromatic heterocycles. The second-order valence-electron chi connectivity index (χ2n) is 9.84. The number of hydrogen-bond acceptors (Lipinski definition) is 4. The molecule has 0 spiro atoms. The first kappa shape index (κ1) is 28.2. The van der Waals surface area contributed by atoms with Gasteiger partial charge in [0.15, 0.2) is 0 Å². The van der Waals surface area contributed by atoms with E-state index in [2.05, 4.69) is 23.9 Å². The number of hydrogen-bond donors (Lipinski definition) is 2. The Morgan fingerprint density at radius 3 is 2.19 bits per heavy atom. The van der Waals surface area contributed by atoms with Crippen molar-refractivity contribution in [2.75, 3.05) is 6.54 Å². The minimum Gasteiger partial charge on any atom is -0.354 e. The predicted molar refractivity (Wildman–Crippen MR) is 142 cm³/mol. The third-order valence-corrected chi connectivity index (χ3v) is 8.00. The van der Waals surface area contributed by atoms with Crippen molar-refractivity contribution in [2.24, 2.45) is 5.92 Å². The monoisotopic (exact) mass is 533 g/mol. The second-order valence-corrected chi connectivity index (χ2v) is 12.0. The third-order valence-electron chi connectivity index (χ3n) is 6.21. The smallest absolute Gasteiger partial charge is 0.242 e. The molecule has 0 bridgehead atoms. The number of sulfonamides is 1. The summed E-state index contributed by atoms with van der Waals surface area (Å²) >= 11 is 6.00. The zero-order valence-electron chi connectivity index (χ0n) is 21.2. The van der Waals surface area contributed by atoms with Crippen LogP contribution in [0.3, 0.4) is 0 Å². The fraction of sp³-hybridized carbons (Fsp3) is 0.481. The van der Waals surface area contributed by atoms with Gasteiger partial charge in [0.05, 0.1) is 4.90 Å². The van der Waals surface area contributed by atoms with Crippen molar-refractivity contribution in [2.45, 2.75) is 76.4 Å². The van der Waals surface area contributed by atoms with Crippen molar-refractivity contribution >= 4 is 33.4 Å². The number of carbonyl (C=O) groups is 2. The second kappa shape index (κ2) is 12.7. The number of rotatable bonds is 13. The van der Waals surface area contributed by atoms with Gasteiger partial charge in [0.25, 0.3) is 0 Å². The largest absolute Gasteiger partial charge is 0.354 e. The number of nitrogens with one attached hydrogen (secondary N) is 2. The summed E-state index contributed by atoms with van der Waals surface area (Å²) in [5.41, 5.74) is 1.74. The van der Waals surface area contributed by atoms with Crippen LogP contribution >= 0.6 is 11.6 Å². The molecule has 2 aromatic carbocycles.